The molecule has 24 heavy (non-hydrogen) atoms. The van der Waals surface area contributed by atoms with Crippen LogP contribution in [0.4, 0.5) is 24.5 Å². The van der Waals surface area contributed by atoms with Gasteiger partial charge in [0.1, 0.15) is 0 Å². The number of hydrogen-bond acceptors (Lipinski definition) is 4. The molecule has 2 aromatic rings. The Morgan fingerprint density at radius 3 is 2.38 bits per heavy atom. The van der Waals surface area contributed by atoms with Gasteiger partial charge in [-0.15, -0.1) is 0 Å². The maximum absolute atomic E-state index is 13.6. The number of anilines is 1. The van der Waals surface area contributed by atoms with Gasteiger partial charge in [0.15, 0.2) is 17.5 Å². The van der Waals surface area contributed by atoms with Crippen LogP contribution in [0.15, 0.2) is 29.2 Å². The second-order valence-electron chi connectivity index (χ2n) is 4.63. The molecular formula is C13H8ClF3N2O4S. The quantitative estimate of drug-likeness (QED) is 0.496. The summed E-state index contributed by atoms with van der Waals surface area (Å²) in [7, 11) is -4.53. The Kier molecular flexibility index (Phi) is 4.72. The van der Waals surface area contributed by atoms with Gasteiger partial charge in [-0.25, -0.2) is 21.6 Å². The number of nitrogens with zero attached hydrogens (tertiary/aromatic N) is 1. The lowest BCUT2D eigenvalue weighted by atomic mass is 10.2. The number of nitrogens with one attached hydrogen (secondary N) is 1. The molecule has 2 aromatic carbocycles. The molecule has 1 N–H and O–H groups in total. The first kappa shape index (κ1) is 18.0. The normalized spacial score (nSPS) is 11.4. The summed E-state index contributed by atoms with van der Waals surface area (Å²) in [5.74, 6) is -5.10. The largest absolute Gasteiger partial charge is 0.277 e. The van der Waals surface area contributed by atoms with Gasteiger partial charge in [-0.2, -0.15) is 0 Å². The highest BCUT2D eigenvalue weighted by molar-refractivity contribution is 7.92. The number of hydrogen-bond donors (Lipinski definition) is 1. The van der Waals surface area contributed by atoms with Crippen molar-refractivity contribution in [2.45, 2.75) is 11.8 Å². The molecular weight excluding hydrogens is 373 g/mol. The zero-order chi connectivity index (χ0) is 18.2. The van der Waals surface area contributed by atoms with Crippen molar-refractivity contribution in [2.24, 2.45) is 0 Å². The molecule has 0 aliphatic heterocycles. The Balaban J connectivity index is 2.53. The standard InChI is InChI=1S/C13H8ClF3N2O4S/c1-6-8(14)4-7(5-11(6)19(20)21)24(22,23)18-10-3-2-9(15)12(16)13(10)17/h2-5,18H,1H3. The SMILES string of the molecule is Cc1c(Cl)cc(S(=O)(=O)Nc2ccc(F)c(F)c2F)cc1[N+](=O)[O-]. The van der Waals surface area contributed by atoms with E-state index in [0.29, 0.717) is 12.1 Å². The fourth-order valence-electron chi connectivity index (χ4n) is 1.79. The lowest BCUT2D eigenvalue weighted by Crippen LogP contribution is -2.15. The van der Waals surface area contributed by atoms with Crippen molar-refractivity contribution in [1.29, 1.82) is 0 Å². The summed E-state index contributed by atoms with van der Waals surface area (Å²) < 4.78 is 65.7. The van der Waals surface area contributed by atoms with E-state index >= 15 is 0 Å². The first-order valence-corrected chi connectivity index (χ1v) is 8.01. The van der Waals surface area contributed by atoms with Crippen molar-refractivity contribution in [1.82, 2.24) is 0 Å². The van der Waals surface area contributed by atoms with Crippen LogP contribution in [-0.4, -0.2) is 13.3 Å². The fourth-order valence-corrected chi connectivity index (χ4v) is 3.18. The van der Waals surface area contributed by atoms with Gasteiger partial charge in [-0.05, 0) is 25.1 Å². The molecule has 0 saturated carbocycles. The van der Waals surface area contributed by atoms with Crippen LogP contribution in [0.25, 0.3) is 0 Å². The summed E-state index contributed by atoms with van der Waals surface area (Å²) in [6.45, 7) is 1.32. The molecule has 6 nitrogen and oxygen atoms in total. The fraction of sp³-hybridized carbons (Fsp3) is 0.0769. The van der Waals surface area contributed by atoms with Crippen LogP contribution >= 0.6 is 11.6 Å². The summed E-state index contributed by atoms with van der Waals surface area (Å²) in [6.07, 6.45) is 0. The van der Waals surface area contributed by atoms with E-state index in [0.717, 1.165) is 12.1 Å². The molecule has 0 heterocycles. The van der Waals surface area contributed by atoms with Gasteiger partial charge in [0.25, 0.3) is 15.7 Å². The van der Waals surface area contributed by atoms with Gasteiger partial charge >= 0.3 is 0 Å². The maximum atomic E-state index is 13.6. The van der Waals surface area contributed by atoms with Crippen molar-refractivity contribution in [3.05, 3.63) is 62.4 Å². The van der Waals surface area contributed by atoms with Crippen molar-refractivity contribution >= 4 is 33.0 Å². The second kappa shape index (κ2) is 6.29. The first-order valence-electron chi connectivity index (χ1n) is 6.15. The minimum atomic E-state index is -4.53. The number of nitro groups is 1. The molecule has 2 rings (SSSR count). The predicted molar refractivity (Wildman–Crippen MR) is 80.0 cm³/mol. The molecule has 0 fully saturated rings. The van der Waals surface area contributed by atoms with E-state index in [1.165, 1.54) is 6.92 Å². The third-order valence-corrected chi connectivity index (χ3v) is 4.81. The Labute approximate surface area is 139 Å². The molecule has 0 radical (unpaired) electrons. The third kappa shape index (κ3) is 3.29. The summed E-state index contributed by atoms with van der Waals surface area (Å²) in [4.78, 5) is 9.46. The third-order valence-electron chi connectivity index (χ3n) is 3.08. The van der Waals surface area contributed by atoms with Crippen molar-refractivity contribution < 1.29 is 26.5 Å². The van der Waals surface area contributed by atoms with E-state index < -0.39 is 48.7 Å². The highest BCUT2D eigenvalue weighted by Crippen LogP contribution is 2.31. The van der Waals surface area contributed by atoms with E-state index in [2.05, 4.69) is 0 Å². The monoisotopic (exact) mass is 380 g/mol. The lowest BCUT2D eigenvalue weighted by Gasteiger charge is -2.11. The van der Waals surface area contributed by atoms with E-state index in [1.807, 2.05) is 0 Å². The maximum Gasteiger partial charge on any atom is 0.275 e. The zero-order valence-electron chi connectivity index (χ0n) is 11.8. The summed E-state index contributed by atoms with van der Waals surface area (Å²) in [6, 6.07) is 2.85. The number of rotatable bonds is 4. The van der Waals surface area contributed by atoms with E-state index in [1.54, 1.807) is 4.72 Å². The minimum Gasteiger partial charge on any atom is -0.277 e. The molecule has 128 valence electrons. The number of sulfonamides is 1. The van der Waals surface area contributed by atoms with Gasteiger partial charge in [0.2, 0.25) is 0 Å². The van der Waals surface area contributed by atoms with E-state index in [-0.39, 0.29) is 10.6 Å². The molecule has 0 bridgehead atoms. The van der Waals surface area contributed by atoms with Crippen molar-refractivity contribution in [3.63, 3.8) is 0 Å². The minimum absolute atomic E-state index is 0.0413. The summed E-state index contributed by atoms with van der Waals surface area (Å²) in [5, 5.41) is 10.7. The van der Waals surface area contributed by atoms with Gasteiger partial charge in [0, 0.05) is 11.6 Å². The van der Waals surface area contributed by atoms with Crippen LogP contribution in [0.5, 0.6) is 0 Å². The first-order chi connectivity index (χ1) is 11.0. The van der Waals surface area contributed by atoms with Crippen molar-refractivity contribution in [2.75, 3.05) is 4.72 Å². The Hall–Kier alpha value is -2.33. The molecule has 0 saturated heterocycles. The number of benzene rings is 2. The van der Waals surface area contributed by atoms with Crippen molar-refractivity contribution in [3.8, 4) is 0 Å². The molecule has 11 heteroatoms. The molecule has 0 amide bonds. The van der Waals surface area contributed by atoms with Crippen LogP contribution < -0.4 is 4.72 Å². The lowest BCUT2D eigenvalue weighted by molar-refractivity contribution is -0.385. The molecule has 0 aromatic heterocycles. The van der Waals surface area contributed by atoms with Gasteiger partial charge in [-0.1, -0.05) is 11.6 Å². The Morgan fingerprint density at radius 1 is 1.17 bits per heavy atom. The molecule has 0 aliphatic rings. The smallest absolute Gasteiger partial charge is 0.275 e. The van der Waals surface area contributed by atoms with Gasteiger partial charge < -0.3 is 0 Å². The average Bonchev–Trinajstić information content (AvgIpc) is 2.50. The highest BCUT2D eigenvalue weighted by atomic mass is 35.5. The van der Waals surface area contributed by atoms with Crippen LogP contribution in [0.1, 0.15) is 5.56 Å². The number of halogens is 4. The average molecular weight is 381 g/mol. The van der Waals surface area contributed by atoms with E-state index in [9.17, 15) is 31.7 Å². The molecule has 0 atom stereocenters. The zero-order valence-corrected chi connectivity index (χ0v) is 13.4. The van der Waals surface area contributed by atoms with E-state index in [4.69, 9.17) is 11.6 Å². The Bertz CT molecular complexity index is 951. The molecule has 0 aliphatic carbocycles. The summed E-state index contributed by atoms with van der Waals surface area (Å²) >= 11 is 5.77. The van der Waals surface area contributed by atoms with Gasteiger partial charge in [0.05, 0.1) is 20.5 Å². The second-order valence-corrected chi connectivity index (χ2v) is 6.72. The van der Waals surface area contributed by atoms with Gasteiger partial charge in [-0.3, -0.25) is 14.8 Å². The predicted octanol–water partition coefficient (Wildman–Crippen LogP) is 3.77. The van der Waals surface area contributed by atoms with Crippen LogP contribution in [-0.2, 0) is 10.0 Å². The van der Waals surface area contributed by atoms with Crippen LogP contribution in [0.3, 0.4) is 0 Å². The molecule has 0 unspecified atom stereocenters. The van der Waals surface area contributed by atoms with Crippen LogP contribution in [0.2, 0.25) is 5.02 Å². The molecule has 0 spiro atoms. The van der Waals surface area contributed by atoms with Crippen LogP contribution in [0, 0.1) is 34.5 Å². The summed E-state index contributed by atoms with van der Waals surface area (Å²) in [5.41, 5.74) is -1.37. The Morgan fingerprint density at radius 2 is 1.79 bits per heavy atom. The topological polar surface area (TPSA) is 89.3 Å². The highest BCUT2D eigenvalue weighted by Gasteiger charge is 2.24. The number of nitro benzene ring substituents is 1.